The third-order valence-electron chi connectivity index (χ3n) is 5.54. The summed E-state index contributed by atoms with van der Waals surface area (Å²) in [6, 6.07) is 15.5. The molecule has 0 fully saturated rings. The first-order chi connectivity index (χ1) is 17.2. The number of thiazole rings is 1. The number of hydrogen-bond acceptors (Lipinski definition) is 8. The van der Waals surface area contributed by atoms with Crippen molar-refractivity contribution in [1.82, 2.24) is 14.2 Å². The van der Waals surface area contributed by atoms with Gasteiger partial charge in [0.15, 0.2) is 5.13 Å². The van der Waals surface area contributed by atoms with E-state index in [1.54, 1.807) is 4.90 Å². The molecule has 1 amide bonds. The van der Waals surface area contributed by atoms with E-state index in [1.165, 1.54) is 35.6 Å². The molecule has 0 aliphatic rings. The Hall–Kier alpha value is -3.06. The van der Waals surface area contributed by atoms with Crippen LogP contribution >= 0.6 is 23.7 Å². The average Bonchev–Trinajstić information content (AvgIpc) is 3.29. The van der Waals surface area contributed by atoms with Crippen LogP contribution in [0.4, 0.5) is 5.13 Å². The lowest BCUT2D eigenvalue weighted by Gasteiger charge is -2.22. The Morgan fingerprint density at radius 3 is 2.14 bits per heavy atom. The molecule has 196 valence electrons. The number of halogens is 1. The maximum atomic E-state index is 13.5. The molecule has 9 nitrogen and oxygen atoms in total. The highest BCUT2D eigenvalue weighted by molar-refractivity contribution is 7.89. The van der Waals surface area contributed by atoms with Gasteiger partial charge in [0, 0.05) is 44.6 Å². The minimum absolute atomic E-state index is 0. The minimum atomic E-state index is -3.91. The summed E-state index contributed by atoms with van der Waals surface area (Å²) in [7, 11) is -0.0632. The van der Waals surface area contributed by atoms with Gasteiger partial charge in [-0.2, -0.15) is 14.8 Å². The summed E-state index contributed by atoms with van der Waals surface area (Å²) < 4.78 is 28.3. The number of benzene rings is 2. The number of amides is 1. The fraction of sp³-hybridized carbons (Fsp3) is 0.360. The fourth-order valence-corrected chi connectivity index (χ4v) is 6.06. The van der Waals surface area contributed by atoms with E-state index in [0.717, 1.165) is 20.1 Å². The zero-order chi connectivity index (χ0) is 26.3. The van der Waals surface area contributed by atoms with Crippen molar-refractivity contribution >= 4 is 55.0 Å². The van der Waals surface area contributed by atoms with Crippen LogP contribution in [0.5, 0.6) is 0 Å². The Balaban J connectivity index is 0.00000481. The molecule has 0 aliphatic heterocycles. The molecular formula is C25H29ClN6O3S2. The maximum absolute atomic E-state index is 13.5. The number of aryl methyl sites for hydroxylation is 1. The SMILES string of the molecule is Cc1cccc2sc(N(CCN(C)C)C(=O)c3ccc(S(=O)(=O)N(CCC#N)CCC#N)cc3)nc12.Cl. The third kappa shape index (κ3) is 7.25. The van der Waals surface area contributed by atoms with Crippen LogP contribution in [0.3, 0.4) is 0 Å². The summed E-state index contributed by atoms with van der Waals surface area (Å²) in [6.07, 6.45) is 0.0351. The number of aromatic nitrogens is 1. The molecular weight excluding hydrogens is 532 g/mol. The third-order valence-corrected chi connectivity index (χ3v) is 8.50. The minimum Gasteiger partial charge on any atom is -0.308 e. The van der Waals surface area contributed by atoms with E-state index < -0.39 is 10.0 Å². The van der Waals surface area contributed by atoms with Crippen LogP contribution in [0.15, 0.2) is 47.4 Å². The standard InChI is InChI=1S/C25H28N6O3S2.ClH/c1-19-7-4-8-22-23(19)28-25(35-22)31(18-17-29(2)3)24(32)20-9-11-21(12-10-20)36(33,34)30(15-5-13-26)16-6-14-27;/h4,7-12H,5-6,15-18H2,1-3H3;1H. The average molecular weight is 561 g/mol. The van der Waals surface area contributed by atoms with Crippen molar-refractivity contribution in [3.63, 3.8) is 0 Å². The first-order valence-corrected chi connectivity index (χ1v) is 13.6. The molecule has 12 heteroatoms. The quantitative estimate of drug-likeness (QED) is 0.346. The van der Waals surface area contributed by atoms with Crippen LogP contribution < -0.4 is 4.90 Å². The van der Waals surface area contributed by atoms with Gasteiger partial charge >= 0.3 is 0 Å². The molecule has 37 heavy (non-hydrogen) atoms. The molecule has 0 aliphatic carbocycles. The molecule has 0 bridgehead atoms. The molecule has 0 atom stereocenters. The van der Waals surface area contributed by atoms with Gasteiger partial charge in [0.2, 0.25) is 10.0 Å². The molecule has 2 aromatic carbocycles. The normalized spacial score (nSPS) is 11.2. The number of para-hydroxylation sites is 1. The summed E-state index contributed by atoms with van der Waals surface area (Å²) >= 11 is 1.44. The highest BCUT2D eigenvalue weighted by atomic mass is 35.5. The highest BCUT2D eigenvalue weighted by Crippen LogP contribution is 2.31. The van der Waals surface area contributed by atoms with Gasteiger partial charge < -0.3 is 4.90 Å². The molecule has 0 radical (unpaired) electrons. The van der Waals surface area contributed by atoms with Gasteiger partial charge in [-0.1, -0.05) is 23.5 Å². The van der Waals surface area contributed by atoms with Crippen molar-refractivity contribution in [1.29, 1.82) is 10.5 Å². The van der Waals surface area contributed by atoms with Crippen LogP contribution in [0, 0.1) is 29.6 Å². The van der Waals surface area contributed by atoms with Crippen LogP contribution in [0.2, 0.25) is 0 Å². The van der Waals surface area contributed by atoms with E-state index in [4.69, 9.17) is 15.5 Å². The molecule has 1 aromatic heterocycles. The molecule has 0 N–H and O–H groups in total. The predicted molar refractivity (Wildman–Crippen MR) is 147 cm³/mol. The Labute approximate surface area is 228 Å². The molecule has 0 spiro atoms. The summed E-state index contributed by atoms with van der Waals surface area (Å²) in [5.41, 5.74) is 2.22. The lowest BCUT2D eigenvalue weighted by Crippen LogP contribution is -2.37. The number of nitriles is 2. The maximum Gasteiger partial charge on any atom is 0.260 e. The van der Waals surface area contributed by atoms with Gasteiger partial charge in [-0.3, -0.25) is 9.69 Å². The molecule has 0 unspecified atom stereocenters. The van der Waals surface area contributed by atoms with Gasteiger partial charge in [-0.05, 0) is 56.9 Å². The molecule has 3 rings (SSSR count). The lowest BCUT2D eigenvalue weighted by molar-refractivity contribution is 0.0985. The van der Waals surface area contributed by atoms with Gasteiger partial charge in [0.25, 0.3) is 5.91 Å². The Morgan fingerprint density at radius 1 is 0.973 bits per heavy atom. The fourth-order valence-electron chi connectivity index (χ4n) is 3.55. The van der Waals surface area contributed by atoms with E-state index in [0.29, 0.717) is 23.8 Å². The van der Waals surface area contributed by atoms with E-state index in [1.807, 2.05) is 56.3 Å². The van der Waals surface area contributed by atoms with Crippen molar-refractivity contribution in [2.45, 2.75) is 24.7 Å². The highest BCUT2D eigenvalue weighted by Gasteiger charge is 2.26. The number of carbonyl (C=O) groups excluding carboxylic acids is 1. The lowest BCUT2D eigenvalue weighted by atomic mass is 10.2. The molecule has 1 heterocycles. The predicted octanol–water partition coefficient (Wildman–Crippen LogP) is 4.05. The zero-order valence-electron chi connectivity index (χ0n) is 20.9. The second kappa shape index (κ2) is 13.5. The summed E-state index contributed by atoms with van der Waals surface area (Å²) in [5.74, 6) is -0.275. The first kappa shape index (κ1) is 30.2. The number of nitrogens with zero attached hydrogens (tertiary/aromatic N) is 6. The van der Waals surface area contributed by atoms with Crippen molar-refractivity contribution in [2.75, 3.05) is 45.2 Å². The van der Waals surface area contributed by atoms with Crippen LogP contribution in [-0.2, 0) is 10.0 Å². The van der Waals surface area contributed by atoms with Crippen LogP contribution in [-0.4, -0.2) is 68.8 Å². The van der Waals surface area contributed by atoms with E-state index in [2.05, 4.69) is 0 Å². The number of carbonyl (C=O) groups is 1. The Morgan fingerprint density at radius 2 is 1.59 bits per heavy atom. The van der Waals surface area contributed by atoms with Crippen molar-refractivity contribution in [2.24, 2.45) is 0 Å². The van der Waals surface area contributed by atoms with E-state index in [9.17, 15) is 13.2 Å². The summed E-state index contributed by atoms with van der Waals surface area (Å²) in [5, 5.41) is 18.3. The zero-order valence-corrected chi connectivity index (χ0v) is 23.4. The summed E-state index contributed by atoms with van der Waals surface area (Å²) in [6.45, 7) is 3.02. The van der Waals surface area contributed by atoms with Crippen molar-refractivity contribution < 1.29 is 13.2 Å². The number of sulfonamides is 1. The largest absolute Gasteiger partial charge is 0.308 e. The van der Waals surface area contributed by atoms with Crippen molar-refractivity contribution in [3.8, 4) is 12.1 Å². The topological polar surface area (TPSA) is 121 Å². The summed E-state index contributed by atoms with van der Waals surface area (Å²) in [4.78, 5) is 21.9. The van der Waals surface area contributed by atoms with Gasteiger partial charge in [-0.15, -0.1) is 12.4 Å². The molecule has 0 saturated carbocycles. The number of hydrogen-bond donors (Lipinski definition) is 0. The molecule has 3 aromatic rings. The van der Waals surface area contributed by atoms with Crippen LogP contribution in [0.1, 0.15) is 28.8 Å². The smallest absolute Gasteiger partial charge is 0.260 e. The van der Waals surface area contributed by atoms with Gasteiger partial charge in [0.05, 0.1) is 27.3 Å². The van der Waals surface area contributed by atoms with E-state index >= 15 is 0 Å². The van der Waals surface area contributed by atoms with E-state index in [-0.39, 0.29) is 49.1 Å². The number of anilines is 1. The van der Waals surface area contributed by atoms with Gasteiger partial charge in [-0.25, -0.2) is 13.4 Å². The van der Waals surface area contributed by atoms with Crippen molar-refractivity contribution in [3.05, 3.63) is 53.6 Å². The number of likely N-dealkylation sites (N-methyl/N-ethyl adjacent to an activating group) is 1. The Kier molecular flexibility index (Phi) is 11.0. The second-order valence-corrected chi connectivity index (χ2v) is 11.4. The first-order valence-electron chi connectivity index (χ1n) is 11.4. The second-order valence-electron chi connectivity index (χ2n) is 8.42. The monoisotopic (exact) mass is 560 g/mol. The number of rotatable bonds is 11. The number of fused-ring (bicyclic) bond motifs is 1. The van der Waals surface area contributed by atoms with Gasteiger partial charge in [0.1, 0.15) is 0 Å². The molecule has 0 saturated heterocycles. The Bertz CT molecular complexity index is 1390. The van der Waals surface area contributed by atoms with Crippen LogP contribution in [0.25, 0.3) is 10.2 Å².